The van der Waals surface area contributed by atoms with E-state index >= 15 is 0 Å². The van der Waals surface area contributed by atoms with Crippen molar-refractivity contribution >= 4 is 52.4 Å². The minimum Gasteiger partial charge on any atom is -0.497 e. The third kappa shape index (κ3) is 9.74. The first-order chi connectivity index (χ1) is 27.8. The predicted molar refractivity (Wildman–Crippen MR) is 221 cm³/mol. The molecular formula is C43H52N8O6. The Hall–Kier alpha value is -5.89. The van der Waals surface area contributed by atoms with Gasteiger partial charge in [0.2, 0.25) is 17.8 Å². The number of urea groups is 1. The molecule has 14 heteroatoms. The number of piperazine rings is 1. The molecule has 0 unspecified atom stereocenters. The van der Waals surface area contributed by atoms with Crippen molar-refractivity contribution in [1.82, 2.24) is 14.9 Å². The predicted octanol–water partition coefficient (Wildman–Crippen LogP) is 7.12. The molecule has 1 saturated heterocycles. The van der Waals surface area contributed by atoms with Crippen molar-refractivity contribution in [3.05, 3.63) is 84.1 Å². The van der Waals surface area contributed by atoms with E-state index < -0.39 is 0 Å². The van der Waals surface area contributed by atoms with Crippen molar-refractivity contribution in [3.63, 3.8) is 0 Å². The molecule has 0 spiro atoms. The number of nitrogens with one attached hydrogen (secondary N) is 2. The number of carbonyl (C=O) groups excluding carboxylic acids is 3. The number of ether oxygens (including phenoxy) is 3. The molecule has 3 aromatic carbocycles. The zero-order chi connectivity index (χ0) is 39.7. The van der Waals surface area contributed by atoms with Gasteiger partial charge in [0.25, 0.3) is 0 Å². The number of methoxy groups -OCH3 is 2. The Morgan fingerprint density at radius 3 is 2.14 bits per heavy atom. The molecule has 0 atom stereocenters. The molecule has 14 nitrogen and oxygen atoms in total. The first kappa shape index (κ1) is 39.3. The van der Waals surface area contributed by atoms with Crippen LogP contribution >= 0.6 is 0 Å². The van der Waals surface area contributed by atoms with E-state index in [1.807, 2.05) is 41.3 Å². The largest absolute Gasteiger partial charge is 0.497 e. The number of anilines is 6. The molecular weight excluding hydrogens is 725 g/mol. The quantitative estimate of drug-likeness (QED) is 0.135. The van der Waals surface area contributed by atoms with Gasteiger partial charge in [0.1, 0.15) is 23.9 Å². The van der Waals surface area contributed by atoms with Gasteiger partial charge in [0, 0.05) is 79.6 Å². The minimum absolute atomic E-state index is 0.0734. The van der Waals surface area contributed by atoms with Gasteiger partial charge < -0.3 is 34.6 Å². The van der Waals surface area contributed by atoms with Crippen LogP contribution in [0.15, 0.2) is 72.9 Å². The van der Waals surface area contributed by atoms with Crippen molar-refractivity contribution in [2.75, 3.05) is 72.3 Å². The standard InChI is InChI=1S/C43H52N8O6/c1-4-39(52)45-32-13-11-30(12-14-32)27-51-41-31(28-50(43(51)54)35-23-37(55-2)25-38(24-35)56-3)26-44-42(47-41)46-33-15-17-34(18-16-33)48-19-21-49(22-20-48)40(53)29-57-36-9-7-5-6-8-10-36/h11-18,23-26,36H,4-10,19-22,27-29H2,1-3H3,(H,45,52)(H,44,46,47). The Kier molecular flexibility index (Phi) is 12.7. The number of amides is 4. The molecule has 1 aromatic heterocycles. The summed E-state index contributed by atoms with van der Waals surface area (Å²) in [5.41, 5.74) is 4.78. The van der Waals surface area contributed by atoms with Gasteiger partial charge in [-0.05, 0) is 54.8 Å². The molecule has 2 fully saturated rings. The summed E-state index contributed by atoms with van der Waals surface area (Å²) in [5, 5.41) is 6.19. The summed E-state index contributed by atoms with van der Waals surface area (Å²) in [4.78, 5) is 56.2. The van der Waals surface area contributed by atoms with E-state index in [4.69, 9.17) is 19.2 Å². The molecule has 0 radical (unpaired) electrons. The highest BCUT2D eigenvalue weighted by atomic mass is 16.5. The summed E-state index contributed by atoms with van der Waals surface area (Å²) in [6.07, 6.45) is 9.35. The lowest BCUT2D eigenvalue weighted by Crippen LogP contribution is -2.50. The van der Waals surface area contributed by atoms with E-state index in [-0.39, 0.29) is 43.6 Å². The zero-order valence-electron chi connectivity index (χ0n) is 33.0. The van der Waals surface area contributed by atoms with Crippen molar-refractivity contribution in [2.24, 2.45) is 0 Å². The first-order valence-corrected chi connectivity index (χ1v) is 19.9. The van der Waals surface area contributed by atoms with Crippen molar-refractivity contribution in [1.29, 1.82) is 0 Å². The number of nitrogens with zero attached hydrogens (tertiary/aromatic N) is 6. The van der Waals surface area contributed by atoms with Crippen LogP contribution in [0.25, 0.3) is 0 Å². The van der Waals surface area contributed by atoms with Crippen LogP contribution in [0.1, 0.15) is 63.0 Å². The summed E-state index contributed by atoms with van der Waals surface area (Å²) >= 11 is 0. The molecule has 4 aromatic rings. The highest BCUT2D eigenvalue weighted by Gasteiger charge is 2.34. The molecule has 0 bridgehead atoms. The molecule has 1 saturated carbocycles. The van der Waals surface area contributed by atoms with Crippen LogP contribution in [0.2, 0.25) is 0 Å². The summed E-state index contributed by atoms with van der Waals surface area (Å²) < 4.78 is 17.0. The van der Waals surface area contributed by atoms with Crippen LogP contribution in [-0.2, 0) is 27.4 Å². The third-order valence-corrected chi connectivity index (χ3v) is 10.8. The second-order valence-electron chi connectivity index (χ2n) is 14.6. The van der Waals surface area contributed by atoms with Gasteiger partial charge in [-0.1, -0.05) is 44.7 Å². The first-order valence-electron chi connectivity index (χ1n) is 19.9. The smallest absolute Gasteiger partial charge is 0.330 e. The Labute approximate surface area is 334 Å². The number of fused-ring (bicyclic) bond motifs is 1. The topological polar surface area (TPSA) is 142 Å². The molecule has 4 amide bonds. The second kappa shape index (κ2) is 18.4. The van der Waals surface area contributed by atoms with Crippen LogP contribution < -0.4 is 34.8 Å². The van der Waals surface area contributed by atoms with Gasteiger partial charge in [-0.25, -0.2) is 9.78 Å². The highest BCUT2D eigenvalue weighted by molar-refractivity contribution is 6.05. The number of carbonyl (C=O) groups is 3. The summed E-state index contributed by atoms with van der Waals surface area (Å²) in [6, 6.07) is 20.6. The number of aromatic nitrogens is 2. The van der Waals surface area contributed by atoms with Crippen LogP contribution in [0.4, 0.5) is 39.3 Å². The van der Waals surface area contributed by atoms with Crippen LogP contribution in [0, 0.1) is 0 Å². The lowest BCUT2D eigenvalue weighted by Gasteiger charge is -2.36. The van der Waals surface area contributed by atoms with Crippen molar-refractivity contribution < 1.29 is 28.6 Å². The maximum Gasteiger partial charge on any atom is 0.330 e. The van der Waals surface area contributed by atoms with Crippen LogP contribution in [-0.4, -0.2) is 85.8 Å². The van der Waals surface area contributed by atoms with Gasteiger partial charge >= 0.3 is 6.03 Å². The van der Waals surface area contributed by atoms with E-state index in [2.05, 4.69) is 32.7 Å². The Morgan fingerprint density at radius 2 is 1.49 bits per heavy atom. The van der Waals surface area contributed by atoms with Gasteiger partial charge in [0.05, 0.1) is 39.1 Å². The van der Waals surface area contributed by atoms with E-state index in [0.717, 1.165) is 48.4 Å². The minimum atomic E-state index is -0.274. The monoisotopic (exact) mass is 776 g/mol. The number of hydrogen-bond donors (Lipinski definition) is 2. The zero-order valence-corrected chi connectivity index (χ0v) is 33.0. The average Bonchev–Trinajstić information content (AvgIpc) is 3.53. The highest BCUT2D eigenvalue weighted by Crippen LogP contribution is 2.36. The van der Waals surface area contributed by atoms with E-state index in [1.54, 1.807) is 55.3 Å². The van der Waals surface area contributed by atoms with E-state index in [9.17, 15) is 14.4 Å². The SMILES string of the molecule is CCC(=O)Nc1ccc(CN2C(=O)N(c3cc(OC)cc(OC)c3)Cc3cnc(Nc4ccc(N5CCN(C(=O)COC6CCCCCC6)CC5)cc4)nc32)cc1. The van der Waals surface area contributed by atoms with Crippen LogP contribution in [0.3, 0.4) is 0 Å². The number of hydrogen-bond acceptors (Lipinski definition) is 10. The fraction of sp³-hybridized carbons (Fsp3) is 0.419. The third-order valence-electron chi connectivity index (χ3n) is 10.8. The van der Waals surface area contributed by atoms with Gasteiger partial charge in [-0.2, -0.15) is 4.98 Å². The Bertz CT molecular complexity index is 1990. The Morgan fingerprint density at radius 1 is 0.825 bits per heavy atom. The lowest BCUT2D eigenvalue weighted by atomic mass is 10.1. The summed E-state index contributed by atoms with van der Waals surface area (Å²) in [6.45, 7) is 5.25. The fourth-order valence-electron chi connectivity index (χ4n) is 7.48. The van der Waals surface area contributed by atoms with Crippen molar-refractivity contribution in [2.45, 2.75) is 71.1 Å². The molecule has 3 aliphatic rings. The lowest BCUT2D eigenvalue weighted by molar-refractivity contribution is -0.138. The van der Waals surface area contributed by atoms with Crippen molar-refractivity contribution in [3.8, 4) is 11.5 Å². The van der Waals surface area contributed by atoms with Gasteiger partial charge in [0.15, 0.2) is 0 Å². The molecule has 300 valence electrons. The number of benzene rings is 3. The van der Waals surface area contributed by atoms with E-state index in [1.165, 1.54) is 25.7 Å². The maximum atomic E-state index is 14.4. The molecule has 1 aliphatic carbocycles. The fourth-order valence-corrected chi connectivity index (χ4v) is 7.48. The second-order valence-corrected chi connectivity index (χ2v) is 14.6. The number of rotatable bonds is 13. The maximum absolute atomic E-state index is 14.4. The van der Waals surface area contributed by atoms with E-state index in [0.29, 0.717) is 54.2 Å². The molecule has 2 aliphatic heterocycles. The normalized spacial score (nSPS) is 16.2. The van der Waals surface area contributed by atoms with Gasteiger partial charge in [-0.3, -0.25) is 19.4 Å². The van der Waals surface area contributed by atoms with Crippen LogP contribution in [0.5, 0.6) is 11.5 Å². The molecule has 57 heavy (non-hydrogen) atoms. The molecule has 2 N–H and O–H groups in total. The average molecular weight is 777 g/mol. The molecule has 3 heterocycles. The Balaban J connectivity index is 1.04. The summed E-state index contributed by atoms with van der Waals surface area (Å²) in [5.74, 6) is 1.97. The molecule has 7 rings (SSSR count). The summed E-state index contributed by atoms with van der Waals surface area (Å²) in [7, 11) is 3.14. The van der Waals surface area contributed by atoms with Gasteiger partial charge in [-0.15, -0.1) is 0 Å².